The molecule has 2 aliphatic rings. The lowest BCUT2D eigenvalue weighted by atomic mass is 9.89. The molecule has 0 amide bonds. The fraction of sp³-hybridized carbons (Fsp3) is 0.700. The van der Waals surface area contributed by atoms with E-state index in [4.69, 9.17) is 5.11 Å². The summed E-state index contributed by atoms with van der Waals surface area (Å²) in [4.78, 5) is 10.8. The van der Waals surface area contributed by atoms with Gasteiger partial charge in [-0.2, -0.15) is 0 Å². The molecule has 0 aromatic rings. The number of fused-ring (bicyclic) bond motifs is 2. The first kappa shape index (κ1) is 7.84. The van der Waals surface area contributed by atoms with Crippen molar-refractivity contribution >= 4 is 5.97 Å². The van der Waals surface area contributed by atoms with Gasteiger partial charge >= 0.3 is 5.97 Å². The molecule has 3 atom stereocenters. The van der Waals surface area contributed by atoms with E-state index in [1.807, 2.05) is 0 Å². The van der Waals surface area contributed by atoms with Crippen molar-refractivity contribution < 1.29 is 9.90 Å². The predicted octanol–water partition coefficient (Wildman–Crippen LogP) is 2.06. The molecule has 12 heavy (non-hydrogen) atoms. The first-order valence-electron chi connectivity index (χ1n) is 4.65. The number of hydrogen-bond donors (Lipinski definition) is 1. The monoisotopic (exact) mass is 166 g/mol. The molecule has 2 aliphatic carbocycles. The second-order valence-corrected chi connectivity index (χ2v) is 3.87. The van der Waals surface area contributed by atoms with Gasteiger partial charge in [-0.1, -0.05) is 18.6 Å². The van der Waals surface area contributed by atoms with Crippen LogP contribution in [0.5, 0.6) is 0 Å². The van der Waals surface area contributed by atoms with Crippen LogP contribution in [-0.4, -0.2) is 11.1 Å². The molecule has 3 unspecified atom stereocenters. The van der Waals surface area contributed by atoms with Gasteiger partial charge in [-0.15, -0.1) is 0 Å². The van der Waals surface area contributed by atoms with Crippen LogP contribution in [0.4, 0.5) is 0 Å². The number of carbonyl (C=O) groups is 1. The Bertz CT molecular complexity index is 242. The largest absolute Gasteiger partial charge is 0.481 e. The minimum atomic E-state index is -0.603. The SMILES string of the molecule is CCC1=CC2CC1CC2C(=O)O. The van der Waals surface area contributed by atoms with Crippen molar-refractivity contribution in [1.82, 2.24) is 0 Å². The Balaban J connectivity index is 2.15. The topological polar surface area (TPSA) is 37.3 Å². The number of allylic oxidation sites excluding steroid dienone is 2. The van der Waals surface area contributed by atoms with Crippen LogP contribution in [0.15, 0.2) is 11.6 Å². The number of carboxylic acids is 1. The lowest BCUT2D eigenvalue weighted by molar-refractivity contribution is -0.142. The highest BCUT2D eigenvalue weighted by Crippen LogP contribution is 2.48. The van der Waals surface area contributed by atoms with Crippen molar-refractivity contribution in [3.63, 3.8) is 0 Å². The third-order valence-electron chi connectivity index (χ3n) is 3.29. The zero-order chi connectivity index (χ0) is 8.72. The van der Waals surface area contributed by atoms with Crippen molar-refractivity contribution in [2.24, 2.45) is 17.8 Å². The van der Waals surface area contributed by atoms with Gasteiger partial charge < -0.3 is 5.11 Å². The summed E-state index contributed by atoms with van der Waals surface area (Å²) in [5, 5.41) is 8.87. The van der Waals surface area contributed by atoms with E-state index in [0.29, 0.717) is 11.8 Å². The zero-order valence-corrected chi connectivity index (χ0v) is 7.29. The van der Waals surface area contributed by atoms with E-state index < -0.39 is 5.97 Å². The minimum Gasteiger partial charge on any atom is -0.481 e. The highest BCUT2D eigenvalue weighted by atomic mass is 16.4. The highest BCUT2D eigenvalue weighted by Gasteiger charge is 2.42. The Kier molecular flexibility index (Phi) is 1.71. The average Bonchev–Trinajstić information content (AvgIpc) is 2.60. The molecule has 1 saturated carbocycles. The van der Waals surface area contributed by atoms with Crippen LogP contribution in [-0.2, 0) is 4.79 Å². The van der Waals surface area contributed by atoms with Gasteiger partial charge in [0.15, 0.2) is 0 Å². The van der Waals surface area contributed by atoms with Crippen molar-refractivity contribution in [2.75, 3.05) is 0 Å². The Hall–Kier alpha value is -0.790. The molecule has 1 N–H and O–H groups in total. The van der Waals surface area contributed by atoms with Crippen LogP contribution >= 0.6 is 0 Å². The van der Waals surface area contributed by atoms with Crippen LogP contribution in [0.25, 0.3) is 0 Å². The number of carboxylic acid groups (broad SMARTS) is 1. The molecule has 0 aromatic heterocycles. The van der Waals surface area contributed by atoms with Crippen LogP contribution < -0.4 is 0 Å². The number of hydrogen-bond acceptors (Lipinski definition) is 1. The Labute approximate surface area is 72.3 Å². The van der Waals surface area contributed by atoms with Crippen molar-refractivity contribution in [3.8, 4) is 0 Å². The fourth-order valence-corrected chi connectivity index (χ4v) is 2.66. The van der Waals surface area contributed by atoms with Gasteiger partial charge in [0.2, 0.25) is 0 Å². The van der Waals surface area contributed by atoms with Crippen LogP contribution in [0, 0.1) is 17.8 Å². The lowest BCUT2D eigenvalue weighted by Crippen LogP contribution is -2.18. The van der Waals surface area contributed by atoms with E-state index >= 15 is 0 Å². The fourth-order valence-electron chi connectivity index (χ4n) is 2.66. The third-order valence-corrected chi connectivity index (χ3v) is 3.29. The average molecular weight is 166 g/mol. The molecule has 0 aromatic carbocycles. The summed E-state index contributed by atoms with van der Waals surface area (Å²) in [6.45, 7) is 2.16. The summed E-state index contributed by atoms with van der Waals surface area (Å²) in [6.07, 6.45) is 5.29. The smallest absolute Gasteiger partial charge is 0.307 e. The van der Waals surface area contributed by atoms with Crippen LogP contribution in [0.2, 0.25) is 0 Å². The standard InChI is InChI=1S/C10H14O2/c1-2-6-3-8-4-7(6)5-9(8)10(11)12/h3,7-9H,2,4-5H2,1H3,(H,11,12). The summed E-state index contributed by atoms with van der Waals surface area (Å²) in [7, 11) is 0. The Morgan fingerprint density at radius 3 is 2.83 bits per heavy atom. The van der Waals surface area contributed by atoms with Gasteiger partial charge in [0.1, 0.15) is 0 Å². The first-order valence-corrected chi connectivity index (χ1v) is 4.65. The molecular weight excluding hydrogens is 152 g/mol. The van der Waals surface area contributed by atoms with E-state index in [-0.39, 0.29) is 5.92 Å². The van der Waals surface area contributed by atoms with E-state index in [1.54, 1.807) is 0 Å². The van der Waals surface area contributed by atoms with Gasteiger partial charge in [-0.25, -0.2) is 0 Å². The minimum absolute atomic E-state index is 0.0784. The summed E-state index contributed by atoms with van der Waals surface area (Å²) >= 11 is 0. The Morgan fingerprint density at radius 2 is 2.42 bits per heavy atom. The van der Waals surface area contributed by atoms with Crippen molar-refractivity contribution in [2.45, 2.75) is 26.2 Å². The van der Waals surface area contributed by atoms with E-state index in [0.717, 1.165) is 19.3 Å². The van der Waals surface area contributed by atoms with Gasteiger partial charge in [-0.05, 0) is 31.1 Å². The molecule has 0 saturated heterocycles. The van der Waals surface area contributed by atoms with E-state index in [2.05, 4.69) is 13.0 Å². The molecule has 2 bridgehead atoms. The lowest BCUT2D eigenvalue weighted by Gasteiger charge is -2.16. The molecule has 0 spiro atoms. The maximum atomic E-state index is 10.8. The van der Waals surface area contributed by atoms with Gasteiger partial charge in [-0.3, -0.25) is 4.79 Å². The quantitative estimate of drug-likeness (QED) is 0.637. The van der Waals surface area contributed by atoms with Gasteiger partial charge in [0.05, 0.1) is 5.92 Å². The molecule has 0 heterocycles. The van der Waals surface area contributed by atoms with Crippen LogP contribution in [0.1, 0.15) is 26.2 Å². The molecule has 0 aliphatic heterocycles. The summed E-state index contributed by atoms with van der Waals surface area (Å²) in [5.74, 6) is 0.266. The summed E-state index contributed by atoms with van der Waals surface area (Å²) in [5.41, 5.74) is 1.50. The van der Waals surface area contributed by atoms with Crippen LogP contribution in [0.3, 0.4) is 0 Å². The van der Waals surface area contributed by atoms with E-state index in [1.165, 1.54) is 5.57 Å². The maximum Gasteiger partial charge on any atom is 0.307 e. The molecule has 1 fully saturated rings. The summed E-state index contributed by atoms with van der Waals surface area (Å²) in [6, 6.07) is 0. The van der Waals surface area contributed by atoms with Gasteiger partial charge in [0.25, 0.3) is 0 Å². The second kappa shape index (κ2) is 2.61. The predicted molar refractivity (Wildman–Crippen MR) is 45.7 cm³/mol. The highest BCUT2D eigenvalue weighted by molar-refractivity contribution is 5.71. The molecule has 2 rings (SSSR count). The first-order chi connectivity index (χ1) is 5.72. The van der Waals surface area contributed by atoms with Gasteiger partial charge in [0, 0.05) is 0 Å². The normalized spacial score (nSPS) is 38.4. The third kappa shape index (κ3) is 0.977. The number of rotatable bonds is 2. The molecule has 2 heteroatoms. The van der Waals surface area contributed by atoms with E-state index in [9.17, 15) is 4.79 Å². The molecule has 66 valence electrons. The number of aliphatic carboxylic acids is 1. The maximum absolute atomic E-state index is 10.8. The second-order valence-electron chi connectivity index (χ2n) is 3.87. The summed E-state index contributed by atoms with van der Waals surface area (Å²) < 4.78 is 0. The van der Waals surface area contributed by atoms with Crippen molar-refractivity contribution in [3.05, 3.63) is 11.6 Å². The Morgan fingerprint density at radius 1 is 1.67 bits per heavy atom. The molecule has 2 nitrogen and oxygen atoms in total. The van der Waals surface area contributed by atoms with Crippen molar-refractivity contribution in [1.29, 1.82) is 0 Å². The molecular formula is C10H14O2. The molecule has 0 radical (unpaired) electrons. The zero-order valence-electron chi connectivity index (χ0n) is 7.29.